The molecule has 11 heavy (non-hydrogen) atoms. The lowest BCUT2D eigenvalue weighted by molar-refractivity contribution is 0.134. The summed E-state index contributed by atoms with van der Waals surface area (Å²) in [7, 11) is 0. The van der Waals surface area contributed by atoms with Gasteiger partial charge in [-0.3, -0.25) is 0 Å². The Balaban J connectivity index is 2.07. The molecule has 1 fully saturated rings. The van der Waals surface area contributed by atoms with Gasteiger partial charge in [0.2, 0.25) is 0 Å². The summed E-state index contributed by atoms with van der Waals surface area (Å²) >= 11 is 0. The first kappa shape index (κ1) is 8.37. The van der Waals surface area contributed by atoms with Gasteiger partial charge in [-0.15, -0.1) is 0 Å². The standard InChI is InChI=1S/C8H15NO2/c1-3-11-8(10)9-7-4-6(2)5-7/h6-7H,3-5H2,1-2H3,(H,9,10). The quantitative estimate of drug-likeness (QED) is 0.660. The van der Waals surface area contributed by atoms with Gasteiger partial charge >= 0.3 is 6.09 Å². The Bertz CT molecular complexity index is 141. The van der Waals surface area contributed by atoms with Crippen LogP contribution < -0.4 is 5.32 Å². The molecule has 1 rings (SSSR count). The molecule has 0 aromatic carbocycles. The minimum Gasteiger partial charge on any atom is -0.450 e. The van der Waals surface area contributed by atoms with Crippen LogP contribution in [0.4, 0.5) is 4.79 Å². The Kier molecular flexibility index (Phi) is 2.74. The summed E-state index contributed by atoms with van der Waals surface area (Å²) in [4.78, 5) is 10.8. The van der Waals surface area contributed by atoms with Gasteiger partial charge in [0, 0.05) is 6.04 Å². The molecule has 0 aliphatic heterocycles. The van der Waals surface area contributed by atoms with E-state index in [1.54, 1.807) is 0 Å². The summed E-state index contributed by atoms with van der Waals surface area (Å²) in [6.07, 6.45) is 1.92. The van der Waals surface area contributed by atoms with E-state index < -0.39 is 0 Å². The maximum absolute atomic E-state index is 10.8. The lowest BCUT2D eigenvalue weighted by atomic mass is 9.82. The fraction of sp³-hybridized carbons (Fsp3) is 0.875. The fourth-order valence-electron chi connectivity index (χ4n) is 1.36. The van der Waals surface area contributed by atoms with E-state index >= 15 is 0 Å². The molecule has 0 unspecified atom stereocenters. The molecule has 1 amide bonds. The molecular weight excluding hydrogens is 142 g/mol. The molecule has 0 aromatic heterocycles. The Morgan fingerprint density at radius 2 is 2.27 bits per heavy atom. The van der Waals surface area contributed by atoms with Crippen LogP contribution in [-0.4, -0.2) is 18.7 Å². The average molecular weight is 157 g/mol. The van der Waals surface area contributed by atoms with Gasteiger partial charge in [0.05, 0.1) is 6.61 Å². The zero-order chi connectivity index (χ0) is 8.27. The molecule has 1 aliphatic carbocycles. The molecule has 0 aromatic rings. The molecule has 0 atom stereocenters. The zero-order valence-corrected chi connectivity index (χ0v) is 7.09. The molecule has 64 valence electrons. The topological polar surface area (TPSA) is 38.3 Å². The van der Waals surface area contributed by atoms with Crippen molar-refractivity contribution in [2.24, 2.45) is 5.92 Å². The number of nitrogens with one attached hydrogen (secondary N) is 1. The minimum absolute atomic E-state index is 0.274. The number of amides is 1. The first-order chi connectivity index (χ1) is 5.22. The molecular formula is C8H15NO2. The second-order valence-electron chi connectivity index (χ2n) is 3.14. The first-order valence-corrected chi connectivity index (χ1v) is 4.15. The first-order valence-electron chi connectivity index (χ1n) is 4.15. The lowest BCUT2D eigenvalue weighted by Gasteiger charge is -2.32. The van der Waals surface area contributed by atoms with Gasteiger partial charge in [0.25, 0.3) is 0 Å². The summed E-state index contributed by atoms with van der Waals surface area (Å²) in [5.41, 5.74) is 0. The van der Waals surface area contributed by atoms with E-state index in [1.807, 2.05) is 6.92 Å². The van der Waals surface area contributed by atoms with E-state index in [9.17, 15) is 4.79 Å². The molecule has 0 heterocycles. The van der Waals surface area contributed by atoms with E-state index in [0.717, 1.165) is 18.8 Å². The number of hydrogen-bond donors (Lipinski definition) is 1. The van der Waals surface area contributed by atoms with Gasteiger partial charge in [0.1, 0.15) is 0 Å². The summed E-state index contributed by atoms with van der Waals surface area (Å²) in [5, 5.41) is 2.79. The van der Waals surface area contributed by atoms with Crippen molar-refractivity contribution < 1.29 is 9.53 Å². The van der Waals surface area contributed by atoms with Crippen molar-refractivity contribution in [1.82, 2.24) is 5.32 Å². The SMILES string of the molecule is CCOC(=O)NC1CC(C)C1. The Hall–Kier alpha value is -0.730. The number of carbonyl (C=O) groups is 1. The molecule has 0 spiro atoms. The third-order valence-corrected chi connectivity index (χ3v) is 1.97. The monoisotopic (exact) mass is 157 g/mol. The van der Waals surface area contributed by atoms with Crippen LogP contribution >= 0.6 is 0 Å². The smallest absolute Gasteiger partial charge is 0.407 e. The van der Waals surface area contributed by atoms with Crippen molar-refractivity contribution in [1.29, 1.82) is 0 Å². The van der Waals surface area contributed by atoms with Crippen LogP contribution in [0.25, 0.3) is 0 Å². The van der Waals surface area contributed by atoms with E-state index in [0.29, 0.717) is 12.6 Å². The van der Waals surface area contributed by atoms with Gasteiger partial charge in [-0.2, -0.15) is 0 Å². The van der Waals surface area contributed by atoms with Crippen molar-refractivity contribution in [3.8, 4) is 0 Å². The number of ether oxygens (including phenoxy) is 1. The van der Waals surface area contributed by atoms with Crippen LogP contribution in [0.1, 0.15) is 26.7 Å². The van der Waals surface area contributed by atoms with E-state index in [1.165, 1.54) is 0 Å². The number of alkyl carbamates (subject to hydrolysis) is 1. The van der Waals surface area contributed by atoms with E-state index in [2.05, 4.69) is 12.2 Å². The van der Waals surface area contributed by atoms with Crippen molar-refractivity contribution >= 4 is 6.09 Å². The average Bonchev–Trinajstić information content (AvgIpc) is 1.85. The molecule has 1 saturated carbocycles. The van der Waals surface area contributed by atoms with Crippen LogP contribution in [0, 0.1) is 5.92 Å². The van der Waals surface area contributed by atoms with Gasteiger partial charge in [-0.05, 0) is 25.7 Å². The van der Waals surface area contributed by atoms with Crippen molar-refractivity contribution in [2.45, 2.75) is 32.7 Å². The molecule has 0 saturated heterocycles. The summed E-state index contributed by atoms with van der Waals surface area (Å²) in [5.74, 6) is 0.766. The lowest BCUT2D eigenvalue weighted by Crippen LogP contribution is -2.43. The minimum atomic E-state index is -0.274. The van der Waals surface area contributed by atoms with Crippen LogP contribution in [-0.2, 0) is 4.74 Å². The van der Waals surface area contributed by atoms with E-state index in [4.69, 9.17) is 4.74 Å². The summed E-state index contributed by atoms with van der Waals surface area (Å²) in [6.45, 7) is 4.44. The van der Waals surface area contributed by atoms with Gasteiger partial charge in [0.15, 0.2) is 0 Å². The Morgan fingerprint density at radius 1 is 1.64 bits per heavy atom. The molecule has 0 radical (unpaired) electrons. The van der Waals surface area contributed by atoms with E-state index in [-0.39, 0.29) is 6.09 Å². The fourth-order valence-corrected chi connectivity index (χ4v) is 1.36. The second kappa shape index (κ2) is 3.60. The molecule has 3 heteroatoms. The molecule has 0 bridgehead atoms. The maximum Gasteiger partial charge on any atom is 0.407 e. The normalized spacial score (nSPS) is 28.9. The van der Waals surface area contributed by atoms with Crippen molar-refractivity contribution in [3.63, 3.8) is 0 Å². The second-order valence-corrected chi connectivity index (χ2v) is 3.14. The summed E-state index contributed by atoms with van der Waals surface area (Å²) < 4.78 is 4.73. The summed E-state index contributed by atoms with van der Waals surface area (Å²) in [6, 6.07) is 0.365. The maximum atomic E-state index is 10.8. The third-order valence-electron chi connectivity index (χ3n) is 1.97. The van der Waals surface area contributed by atoms with Gasteiger partial charge < -0.3 is 10.1 Å². The Labute approximate surface area is 67.1 Å². The zero-order valence-electron chi connectivity index (χ0n) is 7.09. The van der Waals surface area contributed by atoms with Crippen molar-refractivity contribution in [3.05, 3.63) is 0 Å². The molecule has 3 nitrogen and oxygen atoms in total. The Morgan fingerprint density at radius 3 is 2.73 bits per heavy atom. The third kappa shape index (κ3) is 2.41. The van der Waals surface area contributed by atoms with Crippen LogP contribution in [0.3, 0.4) is 0 Å². The highest BCUT2D eigenvalue weighted by atomic mass is 16.5. The highest BCUT2D eigenvalue weighted by Gasteiger charge is 2.26. The van der Waals surface area contributed by atoms with Gasteiger partial charge in [-0.25, -0.2) is 4.79 Å². The van der Waals surface area contributed by atoms with Crippen LogP contribution in [0.15, 0.2) is 0 Å². The van der Waals surface area contributed by atoms with Crippen molar-refractivity contribution in [2.75, 3.05) is 6.61 Å². The predicted octanol–water partition coefficient (Wildman–Crippen LogP) is 1.53. The number of carbonyl (C=O) groups excluding carboxylic acids is 1. The molecule has 1 aliphatic rings. The van der Waals surface area contributed by atoms with Gasteiger partial charge in [-0.1, -0.05) is 6.92 Å². The van der Waals surface area contributed by atoms with Crippen LogP contribution in [0.2, 0.25) is 0 Å². The largest absolute Gasteiger partial charge is 0.450 e. The van der Waals surface area contributed by atoms with Crippen LogP contribution in [0.5, 0.6) is 0 Å². The number of rotatable bonds is 2. The highest BCUT2D eigenvalue weighted by molar-refractivity contribution is 5.67. The predicted molar refractivity (Wildman–Crippen MR) is 42.3 cm³/mol. The molecule has 1 N–H and O–H groups in total. The number of hydrogen-bond acceptors (Lipinski definition) is 2. The highest BCUT2D eigenvalue weighted by Crippen LogP contribution is 2.26.